The molecule has 0 unspecified atom stereocenters. The van der Waals surface area contributed by atoms with Crippen LogP contribution in [0, 0.1) is 0 Å². The Hall–Kier alpha value is -0.390. The van der Waals surface area contributed by atoms with Gasteiger partial charge in [-0.25, -0.2) is 13.1 Å². The highest BCUT2D eigenvalue weighted by atomic mass is 127. The predicted octanol–water partition coefficient (Wildman–Crippen LogP) is 2.78. The Kier molecular flexibility index (Phi) is 13.6. The van der Waals surface area contributed by atoms with E-state index in [1.54, 1.807) is 17.5 Å². The summed E-state index contributed by atoms with van der Waals surface area (Å²) in [7, 11) is -3.39. The molecule has 1 aromatic rings. The molecule has 0 bridgehead atoms. The molecule has 1 aromatic heterocycles. The average Bonchev–Trinajstić information content (AvgIpc) is 3.06. The highest BCUT2D eigenvalue weighted by molar-refractivity contribution is 14.0. The first-order valence-electron chi connectivity index (χ1n) is 8.15. The zero-order valence-electron chi connectivity index (χ0n) is 14.4. The summed E-state index contributed by atoms with van der Waals surface area (Å²) in [5.41, 5.74) is 0. The van der Waals surface area contributed by atoms with Crippen LogP contribution in [-0.2, 0) is 10.0 Å². The molecule has 0 saturated heterocycles. The molecule has 0 aliphatic heterocycles. The van der Waals surface area contributed by atoms with Gasteiger partial charge in [0.1, 0.15) is 4.21 Å². The van der Waals surface area contributed by atoms with Crippen molar-refractivity contribution in [2.24, 2.45) is 4.99 Å². The monoisotopic (exact) mass is 488 g/mol. The third kappa shape index (κ3) is 9.80. The van der Waals surface area contributed by atoms with Gasteiger partial charge in [-0.3, -0.25) is 4.99 Å². The lowest BCUT2D eigenvalue weighted by Gasteiger charge is -2.11. The van der Waals surface area contributed by atoms with E-state index >= 15 is 0 Å². The number of nitrogens with one attached hydrogen (secondary N) is 3. The Morgan fingerprint density at radius 3 is 2.58 bits per heavy atom. The largest absolute Gasteiger partial charge is 0.357 e. The van der Waals surface area contributed by atoms with E-state index in [4.69, 9.17) is 0 Å². The first-order valence-corrected chi connectivity index (χ1v) is 10.5. The molecule has 0 amide bonds. The van der Waals surface area contributed by atoms with Gasteiger partial charge in [-0.15, -0.1) is 35.3 Å². The molecule has 1 rings (SSSR count). The van der Waals surface area contributed by atoms with E-state index < -0.39 is 10.0 Å². The third-order valence-corrected chi connectivity index (χ3v) is 5.95. The number of sulfonamides is 1. The van der Waals surface area contributed by atoms with Crippen molar-refractivity contribution in [3.05, 3.63) is 17.5 Å². The average molecular weight is 488 g/mol. The molecule has 6 nitrogen and oxygen atoms in total. The van der Waals surface area contributed by atoms with Crippen LogP contribution in [0.5, 0.6) is 0 Å². The van der Waals surface area contributed by atoms with Gasteiger partial charge in [-0.1, -0.05) is 32.3 Å². The molecule has 3 N–H and O–H groups in total. The first-order chi connectivity index (χ1) is 11.1. The molecule has 0 aliphatic rings. The van der Waals surface area contributed by atoms with E-state index in [-0.39, 0.29) is 24.0 Å². The summed E-state index contributed by atoms with van der Waals surface area (Å²) in [6.07, 6.45) is 4.73. The van der Waals surface area contributed by atoms with E-state index in [0.717, 1.165) is 25.5 Å². The molecule has 0 saturated carbocycles. The minimum atomic E-state index is -3.39. The summed E-state index contributed by atoms with van der Waals surface area (Å²) in [5.74, 6) is 0.735. The van der Waals surface area contributed by atoms with Crippen LogP contribution < -0.4 is 15.4 Å². The van der Waals surface area contributed by atoms with E-state index in [0.29, 0.717) is 17.3 Å². The topological polar surface area (TPSA) is 82.6 Å². The quantitative estimate of drug-likeness (QED) is 0.194. The van der Waals surface area contributed by atoms with Gasteiger partial charge in [0.2, 0.25) is 10.0 Å². The lowest BCUT2D eigenvalue weighted by Crippen LogP contribution is -2.41. The fraction of sp³-hybridized carbons (Fsp3) is 0.667. The van der Waals surface area contributed by atoms with E-state index in [1.807, 2.05) is 6.92 Å². The van der Waals surface area contributed by atoms with Crippen LogP contribution in [0.4, 0.5) is 0 Å². The summed E-state index contributed by atoms with van der Waals surface area (Å²) < 4.78 is 26.8. The van der Waals surface area contributed by atoms with Crippen molar-refractivity contribution in [2.45, 2.75) is 43.7 Å². The molecule has 9 heteroatoms. The summed E-state index contributed by atoms with van der Waals surface area (Å²) in [5, 5.41) is 8.06. The van der Waals surface area contributed by atoms with Crippen LogP contribution in [-0.4, -0.2) is 40.6 Å². The molecule has 1 heterocycles. The van der Waals surface area contributed by atoms with Crippen LogP contribution >= 0.6 is 35.3 Å². The van der Waals surface area contributed by atoms with Crippen molar-refractivity contribution in [3.8, 4) is 0 Å². The summed E-state index contributed by atoms with van der Waals surface area (Å²) in [6.45, 7) is 6.57. The predicted molar refractivity (Wildman–Crippen MR) is 113 cm³/mol. The lowest BCUT2D eigenvalue weighted by atomic mass is 10.2. The first kappa shape index (κ1) is 23.6. The molecule has 0 atom stereocenters. The number of thiophene rings is 1. The zero-order valence-corrected chi connectivity index (χ0v) is 18.3. The number of guanidine groups is 1. The van der Waals surface area contributed by atoms with Crippen LogP contribution in [0.3, 0.4) is 0 Å². The lowest BCUT2D eigenvalue weighted by molar-refractivity contribution is 0.582. The van der Waals surface area contributed by atoms with Crippen LogP contribution in [0.15, 0.2) is 26.7 Å². The van der Waals surface area contributed by atoms with Gasteiger partial charge >= 0.3 is 0 Å². The van der Waals surface area contributed by atoms with Gasteiger partial charge in [-0.05, 0) is 24.8 Å². The van der Waals surface area contributed by atoms with E-state index in [9.17, 15) is 8.42 Å². The molecule has 0 aromatic carbocycles. The second-order valence-electron chi connectivity index (χ2n) is 5.08. The molecule has 0 radical (unpaired) electrons. The van der Waals surface area contributed by atoms with E-state index in [2.05, 4.69) is 27.3 Å². The van der Waals surface area contributed by atoms with Crippen LogP contribution in [0.1, 0.15) is 39.5 Å². The molecular weight excluding hydrogens is 459 g/mol. The van der Waals surface area contributed by atoms with Crippen LogP contribution in [0.25, 0.3) is 0 Å². The summed E-state index contributed by atoms with van der Waals surface area (Å²) >= 11 is 1.21. The van der Waals surface area contributed by atoms with Crippen molar-refractivity contribution in [1.82, 2.24) is 15.4 Å². The molecule has 0 fully saturated rings. The van der Waals surface area contributed by atoms with Crippen molar-refractivity contribution in [3.63, 3.8) is 0 Å². The highest BCUT2D eigenvalue weighted by Gasteiger charge is 2.13. The van der Waals surface area contributed by atoms with Gasteiger partial charge < -0.3 is 10.6 Å². The number of rotatable bonds is 11. The van der Waals surface area contributed by atoms with Gasteiger partial charge in [0.15, 0.2) is 5.96 Å². The van der Waals surface area contributed by atoms with Crippen molar-refractivity contribution in [1.29, 1.82) is 0 Å². The van der Waals surface area contributed by atoms with Gasteiger partial charge in [-0.2, -0.15) is 0 Å². The van der Waals surface area contributed by atoms with Gasteiger partial charge in [0.25, 0.3) is 0 Å². The number of nitrogens with zero attached hydrogens (tertiary/aromatic N) is 1. The second kappa shape index (κ2) is 13.9. The fourth-order valence-corrected chi connectivity index (χ4v) is 3.99. The number of halogens is 1. The molecule has 0 aliphatic carbocycles. The molecule has 0 spiro atoms. The Balaban J connectivity index is 0.00000529. The fourth-order valence-electron chi connectivity index (χ4n) is 1.93. The Bertz CT molecular complexity index is 548. The Morgan fingerprint density at radius 1 is 1.17 bits per heavy atom. The number of unbranched alkanes of at least 4 members (excludes halogenated alkanes) is 3. The Morgan fingerprint density at radius 2 is 1.96 bits per heavy atom. The summed E-state index contributed by atoms with van der Waals surface area (Å²) in [4.78, 5) is 4.49. The van der Waals surface area contributed by atoms with Gasteiger partial charge in [0, 0.05) is 26.2 Å². The van der Waals surface area contributed by atoms with Crippen LogP contribution in [0.2, 0.25) is 0 Å². The number of aliphatic imine (C=N–C) groups is 1. The SMILES string of the molecule is CCCCCCN=C(NCC)NCCNS(=O)(=O)c1cccs1.I. The minimum Gasteiger partial charge on any atom is -0.357 e. The Labute approximate surface area is 167 Å². The highest BCUT2D eigenvalue weighted by Crippen LogP contribution is 2.14. The zero-order chi connectivity index (χ0) is 17.0. The maximum Gasteiger partial charge on any atom is 0.250 e. The number of hydrogen-bond donors (Lipinski definition) is 3. The number of hydrogen-bond acceptors (Lipinski definition) is 4. The van der Waals surface area contributed by atoms with Crippen molar-refractivity contribution >= 4 is 51.3 Å². The maximum absolute atomic E-state index is 12.0. The van der Waals surface area contributed by atoms with Gasteiger partial charge in [0.05, 0.1) is 0 Å². The molecule has 140 valence electrons. The smallest absolute Gasteiger partial charge is 0.250 e. The third-order valence-electron chi connectivity index (χ3n) is 3.10. The molecular formula is C15H29IN4O2S2. The van der Waals surface area contributed by atoms with Crippen molar-refractivity contribution in [2.75, 3.05) is 26.2 Å². The van der Waals surface area contributed by atoms with E-state index in [1.165, 1.54) is 30.6 Å². The van der Waals surface area contributed by atoms with Crippen molar-refractivity contribution < 1.29 is 8.42 Å². The summed E-state index contributed by atoms with van der Waals surface area (Å²) in [6, 6.07) is 3.33. The minimum absolute atomic E-state index is 0. The molecule has 24 heavy (non-hydrogen) atoms. The maximum atomic E-state index is 12.0. The normalized spacial score (nSPS) is 11.8. The standard InChI is InChI=1S/C15H28N4O2S2.HI/c1-3-5-6-7-10-17-15(16-4-2)18-11-12-19-23(20,21)14-9-8-13-22-14;/h8-9,13,19H,3-7,10-12H2,1-2H3,(H2,16,17,18);1H. The second-order valence-corrected chi connectivity index (χ2v) is 8.02.